The van der Waals surface area contributed by atoms with Gasteiger partial charge in [-0.05, 0) is 35.9 Å². The Bertz CT molecular complexity index is 585. The van der Waals surface area contributed by atoms with Gasteiger partial charge in [0.2, 0.25) is 0 Å². The van der Waals surface area contributed by atoms with Gasteiger partial charge < -0.3 is 10.2 Å². The van der Waals surface area contributed by atoms with E-state index in [0.717, 1.165) is 17.8 Å². The number of hydrogen-bond donors (Lipinski definition) is 2. The molecular weight excluding hydrogens is 281 g/mol. The molecule has 0 atom stereocenters. The van der Waals surface area contributed by atoms with E-state index in [-0.39, 0.29) is 12.3 Å². The topological polar surface area (TPSA) is 33.3 Å². The average Bonchev–Trinajstić information content (AvgIpc) is 2.47. The fourth-order valence-electron chi connectivity index (χ4n) is 1.81. The molecule has 0 aromatic heterocycles. The lowest BCUT2D eigenvalue weighted by atomic mass is 10.1. The number of anilines is 1. The molecule has 0 aliphatic heterocycles. The first kappa shape index (κ1) is 15.2. The molecule has 0 unspecified atom stereocenters. The maximum atomic E-state index is 12.8. The van der Waals surface area contributed by atoms with Gasteiger partial charge in [0.15, 0.2) is 0 Å². The van der Waals surface area contributed by atoms with Crippen LogP contribution < -0.4 is 15.6 Å². The highest BCUT2D eigenvalue weighted by molar-refractivity contribution is 5.41. The molecule has 0 amide bonds. The highest BCUT2D eigenvalue weighted by Gasteiger charge is 2.31. The van der Waals surface area contributed by atoms with Crippen molar-refractivity contribution < 1.29 is 17.9 Å². The zero-order chi connectivity index (χ0) is 15.3. The van der Waals surface area contributed by atoms with Crippen molar-refractivity contribution in [2.24, 2.45) is 0 Å². The Balaban J connectivity index is 2.05. The van der Waals surface area contributed by atoms with Crippen molar-refractivity contribution >= 4 is 5.69 Å². The minimum Gasteiger partial charge on any atom is -0.497 e. The second-order valence-corrected chi connectivity index (χ2v) is 4.41. The van der Waals surface area contributed by atoms with Crippen LogP contribution in [0.4, 0.5) is 18.9 Å². The first-order valence-corrected chi connectivity index (χ1v) is 6.28. The number of halogens is 3. The molecule has 0 radical (unpaired) electrons. The minimum atomic E-state index is -4.39. The minimum absolute atomic E-state index is 0.182. The number of hydrazine groups is 1. The number of methoxy groups -OCH3 is 1. The Hall–Kier alpha value is -2.21. The van der Waals surface area contributed by atoms with Crippen LogP contribution in [0.2, 0.25) is 0 Å². The summed E-state index contributed by atoms with van der Waals surface area (Å²) in [4.78, 5) is 0. The molecule has 2 rings (SSSR count). The fourth-order valence-corrected chi connectivity index (χ4v) is 1.81. The van der Waals surface area contributed by atoms with E-state index in [9.17, 15) is 13.2 Å². The summed E-state index contributed by atoms with van der Waals surface area (Å²) < 4.78 is 43.2. The Morgan fingerprint density at radius 1 is 1.05 bits per heavy atom. The van der Waals surface area contributed by atoms with Crippen LogP contribution in [0.1, 0.15) is 11.1 Å². The molecule has 0 saturated heterocycles. The van der Waals surface area contributed by atoms with Gasteiger partial charge >= 0.3 is 6.18 Å². The van der Waals surface area contributed by atoms with Crippen molar-refractivity contribution in [2.45, 2.75) is 12.7 Å². The quantitative estimate of drug-likeness (QED) is 0.823. The van der Waals surface area contributed by atoms with Gasteiger partial charge in [-0.25, -0.2) is 5.43 Å². The van der Waals surface area contributed by atoms with Crippen LogP contribution in [0, 0.1) is 0 Å². The summed E-state index contributed by atoms with van der Waals surface area (Å²) in [7, 11) is 1.34. The van der Waals surface area contributed by atoms with Gasteiger partial charge in [0.1, 0.15) is 5.75 Å². The van der Waals surface area contributed by atoms with Crippen LogP contribution in [0.3, 0.4) is 0 Å². The summed E-state index contributed by atoms with van der Waals surface area (Å²) in [5.74, 6) is 0.182. The lowest BCUT2D eigenvalue weighted by Crippen LogP contribution is -2.21. The highest BCUT2D eigenvalue weighted by atomic mass is 19.4. The number of alkyl halides is 3. The Labute approximate surface area is 120 Å². The van der Waals surface area contributed by atoms with E-state index >= 15 is 0 Å². The Morgan fingerprint density at radius 3 is 2.38 bits per heavy atom. The van der Waals surface area contributed by atoms with Gasteiger partial charge in [0, 0.05) is 12.2 Å². The average molecular weight is 296 g/mol. The van der Waals surface area contributed by atoms with Crippen LogP contribution >= 0.6 is 0 Å². The summed E-state index contributed by atoms with van der Waals surface area (Å²) in [5, 5.41) is 0. The van der Waals surface area contributed by atoms with Crippen molar-refractivity contribution in [2.75, 3.05) is 12.5 Å². The maximum Gasteiger partial charge on any atom is 0.416 e. The molecule has 2 N–H and O–H groups in total. The van der Waals surface area contributed by atoms with Crippen molar-refractivity contribution in [3.8, 4) is 5.75 Å². The number of benzene rings is 2. The molecule has 0 heterocycles. The molecule has 0 fully saturated rings. The largest absolute Gasteiger partial charge is 0.497 e. The van der Waals surface area contributed by atoms with Crippen molar-refractivity contribution in [3.63, 3.8) is 0 Å². The Morgan fingerprint density at radius 2 is 1.76 bits per heavy atom. The van der Waals surface area contributed by atoms with Crippen molar-refractivity contribution in [1.82, 2.24) is 5.43 Å². The zero-order valence-corrected chi connectivity index (χ0v) is 11.4. The molecule has 6 heteroatoms. The molecule has 21 heavy (non-hydrogen) atoms. The highest BCUT2D eigenvalue weighted by Crippen LogP contribution is 2.32. The third-order valence-corrected chi connectivity index (χ3v) is 2.83. The van der Waals surface area contributed by atoms with Gasteiger partial charge in [-0.15, -0.1) is 0 Å². The molecule has 0 aliphatic rings. The van der Waals surface area contributed by atoms with Gasteiger partial charge in [-0.2, -0.15) is 13.2 Å². The fraction of sp³-hybridized carbons (Fsp3) is 0.200. The van der Waals surface area contributed by atoms with E-state index in [1.54, 1.807) is 6.07 Å². The summed E-state index contributed by atoms with van der Waals surface area (Å²) in [6.07, 6.45) is -4.39. The van der Waals surface area contributed by atoms with E-state index in [4.69, 9.17) is 4.74 Å². The van der Waals surface area contributed by atoms with Gasteiger partial charge in [0.05, 0.1) is 12.7 Å². The molecule has 112 valence electrons. The van der Waals surface area contributed by atoms with Crippen LogP contribution in [0.5, 0.6) is 5.75 Å². The number of rotatable bonds is 5. The molecule has 0 aliphatic carbocycles. The maximum absolute atomic E-state index is 12.8. The summed E-state index contributed by atoms with van der Waals surface area (Å²) in [6.45, 7) is 0.231. The first-order valence-electron chi connectivity index (χ1n) is 6.28. The summed E-state index contributed by atoms with van der Waals surface area (Å²) >= 11 is 0. The summed E-state index contributed by atoms with van der Waals surface area (Å²) in [5.41, 5.74) is 6.38. The predicted octanol–water partition coefficient (Wildman–Crippen LogP) is 3.83. The Kier molecular flexibility index (Phi) is 4.70. The number of para-hydroxylation sites is 1. The van der Waals surface area contributed by atoms with Crippen LogP contribution in [0.25, 0.3) is 0 Å². The van der Waals surface area contributed by atoms with E-state index < -0.39 is 11.7 Å². The number of ether oxygens (including phenoxy) is 1. The standard InChI is InChI=1S/C15H15F3N2O/c1-21-14-8-11(7-12(9-14)15(16,17)18)10-19-20-13-5-3-2-4-6-13/h2-9,19-20H,10H2,1H3. The molecule has 2 aromatic rings. The van der Waals surface area contributed by atoms with Crippen molar-refractivity contribution in [3.05, 3.63) is 59.7 Å². The normalized spacial score (nSPS) is 11.2. The second-order valence-electron chi connectivity index (χ2n) is 4.41. The van der Waals surface area contributed by atoms with Gasteiger partial charge in [-0.1, -0.05) is 18.2 Å². The SMILES string of the molecule is COc1cc(CNNc2ccccc2)cc(C(F)(F)F)c1. The predicted molar refractivity (Wildman–Crippen MR) is 74.9 cm³/mol. The second kappa shape index (κ2) is 6.49. The van der Waals surface area contributed by atoms with Gasteiger partial charge in [-0.3, -0.25) is 0 Å². The third-order valence-electron chi connectivity index (χ3n) is 2.83. The van der Waals surface area contributed by atoms with Gasteiger partial charge in [0.25, 0.3) is 0 Å². The lowest BCUT2D eigenvalue weighted by molar-refractivity contribution is -0.137. The summed E-state index contributed by atoms with van der Waals surface area (Å²) in [6, 6.07) is 12.9. The smallest absolute Gasteiger partial charge is 0.416 e. The molecule has 0 saturated carbocycles. The number of hydrogen-bond acceptors (Lipinski definition) is 3. The zero-order valence-electron chi connectivity index (χ0n) is 11.4. The molecule has 2 aromatic carbocycles. The lowest BCUT2D eigenvalue weighted by Gasteiger charge is -2.13. The molecular formula is C15H15F3N2O. The van der Waals surface area contributed by atoms with E-state index in [0.29, 0.717) is 5.56 Å². The van der Waals surface area contributed by atoms with Crippen LogP contribution in [0.15, 0.2) is 48.5 Å². The monoisotopic (exact) mass is 296 g/mol. The van der Waals surface area contributed by atoms with E-state index in [1.165, 1.54) is 7.11 Å². The third kappa shape index (κ3) is 4.39. The van der Waals surface area contributed by atoms with Crippen LogP contribution in [-0.2, 0) is 12.7 Å². The van der Waals surface area contributed by atoms with Crippen molar-refractivity contribution in [1.29, 1.82) is 0 Å². The molecule has 0 spiro atoms. The molecule has 3 nitrogen and oxygen atoms in total. The van der Waals surface area contributed by atoms with E-state index in [1.807, 2.05) is 30.3 Å². The molecule has 0 bridgehead atoms. The van der Waals surface area contributed by atoms with Crippen LogP contribution in [-0.4, -0.2) is 7.11 Å². The van der Waals surface area contributed by atoms with E-state index in [2.05, 4.69) is 10.9 Å². The first-order chi connectivity index (χ1) is 9.99. The number of nitrogens with one attached hydrogen (secondary N) is 2.